The molecule has 6 heteroatoms. The van der Waals surface area contributed by atoms with E-state index in [0.29, 0.717) is 11.4 Å². The van der Waals surface area contributed by atoms with Crippen molar-refractivity contribution in [1.29, 1.82) is 0 Å². The molecule has 27 heavy (non-hydrogen) atoms. The third-order valence-corrected chi connectivity index (χ3v) is 6.32. The summed E-state index contributed by atoms with van der Waals surface area (Å²) in [6.45, 7) is 0.295. The molecule has 3 heterocycles. The van der Waals surface area contributed by atoms with Gasteiger partial charge >= 0.3 is 0 Å². The van der Waals surface area contributed by atoms with Crippen LogP contribution >= 0.6 is 11.3 Å². The van der Waals surface area contributed by atoms with Crippen LogP contribution in [0.15, 0.2) is 41.5 Å². The van der Waals surface area contributed by atoms with E-state index in [9.17, 15) is 4.79 Å². The maximum absolute atomic E-state index is 13.0. The zero-order chi connectivity index (χ0) is 18.5. The number of aliphatic imine (C=N–C) groups is 1. The molecular weight excluding hydrogens is 356 g/mol. The number of hydrogen-bond donors (Lipinski definition) is 0. The van der Waals surface area contributed by atoms with Gasteiger partial charge in [-0.2, -0.15) is 0 Å². The van der Waals surface area contributed by atoms with Gasteiger partial charge in [0, 0.05) is 26.0 Å². The Morgan fingerprint density at radius 1 is 1.15 bits per heavy atom. The second kappa shape index (κ2) is 6.16. The Bertz CT molecular complexity index is 1060. The van der Waals surface area contributed by atoms with Crippen molar-refractivity contribution < 1.29 is 4.79 Å². The van der Waals surface area contributed by atoms with Crippen LogP contribution in [0.4, 0.5) is 17.1 Å². The van der Waals surface area contributed by atoms with Gasteiger partial charge in [0.25, 0.3) is 0 Å². The molecule has 0 amide bonds. The number of anilines is 2. The number of carbonyl (C=O) groups is 1. The van der Waals surface area contributed by atoms with E-state index in [-0.39, 0.29) is 5.78 Å². The van der Waals surface area contributed by atoms with E-state index in [0.717, 1.165) is 33.2 Å². The first kappa shape index (κ1) is 16.4. The van der Waals surface area contributed by atoms with Gasteiger partial charge in [0.2, 0.25) is 0 Å². The third-order valence-electron chi connectivity index (χ3n) is 5.19. The second-order valence-electron chi connectivity index (χ2n) is 7.35. The molecular formula is C21H20N4OS. The Morgan fingerprint density at radius 2 is 1.93 bits per heavy atom. The summed E-state index contributed by atoms with van der Waals surface area (Å²) >= 11 is 1.44. The van der Waals surface area contributed by atoms with Crippen LogP contribution in [0, 0.1) is 0 Å². The Balaban J connectivity index is 1.56. The molecule has 5 nitrogen and oxygen atoms in total. The molecule has 0 unspecified atom stereocenters. The summed E-state index contributed by atoms with van der Waals surface area (Å²) in [5.74, 6) is 0.815. The number of aromatic nitrogens is 1. The summed E-state index contributed by atoms with van der Waals surface area (Å²) in [7, 11) is 3.99. The van der Waals surface area contributed by atoms with E-state index in [1.54, 1.807) is 12.5 Å². The third kappa shape index (κ3) is 2.80. The molecule has 1 aliphatic heterocycles. The SMILES string of the molecule is CN(C)c1ccnc2sc3c(c12)N=CN(c1ccc(C2CC2)cc1)CC3=O. The Hall–Kier alpha value is -2.73. The lowest BCUT2D eigenvalue weighted by molar-refractivity contribution is 0.101. The first-order chi connectivity index (χ1) is 13.1. The molecule has 1 fully saturated rings. The van der Waals surface area contributed by atoms with E-state index in [1.807, 2.05) is 30.0 Å². The number of hydrogen-bond acceptors (Lipinski definition) is 6. The number of rotatable bonds is 3. The summed E-state index contributed by atoms with van der Waals surface area (Å²) in [6.07, 6.45) is 6.15. The monoisotopic (exact) mass is 376 g/mol. The fourth-order valence-corrected chi connectivity index (χ4v) is 4.62. The number of Topliss-reactive ketones (excluding diaryl/α,β-unsaturated/α-hetero) is 1. The van der Waals surface area contributed by atoms with Gasteiger partial charge in [-0.3, -0.25) is 4.79 Å². The van der Waals surface area contributed by atoms with Crippen LogP contribution in [0.5, 0.6) is 0 Å². The van der Waals surface area contributed by atoms with Crippen molar-refractivity contribution in [2.45, 2.75) is 18.8 Å². The number of nitrogens with zero attached hydrogens (tertiary/aromatic N) is 4. The van der Waals surface area contributed by atoms with Crippen molar-refractivity contribution in [3.8, 4) is 0 Å². The minimum absolute atomic E-state index is 0.0847. The number of ketones is 1. The number of benzene rings is 1. The number of carbonyl (C=O) groups excluding carboxylic acids is 1. The lowest BCUT2D eigenvalue weighted by atomic mass is 10.1. The molecule has 0 radical (unpaired) electrons. The largest absolute Gasteiger partial charge is 0.377 e. The lowest BCUT2D eigenvalue weighted by Crippen LogP contribution is -2.26. The predicted molar refractivity (Wildman–Crippen MR) is 112 cm³/mol. The minimum atomic E-state index is 0.0847. The fraction of sp³-hybridized carbons (Fsp3) is 0.286. The molecule has 136 valence electrons. The van der Waals surface area contributed by atoms with E-state index >= 15 is 0 Å². The van der Waals surface area contributed by atoms with Crippen LogP contribution in [0.1, 0.15) is 34.0 Å². The van der Waals surface area contributed by atoms with Crippen molar-refractivity contribution >= 4 is 50.7 Å². The Kier molecular flexibility index (Phi) is 3.75. The van der Waals surface area contributed by atoms with Gasteiger partial charge in [-0.1, -0.05) is 12.1 Å². The first-order valence-corrected chi connectivity index (χ1v) is 9.96. The number of fused-ring (bicyclic) bond motifs is 3. The van der Waals surface area contributed by atoms with Crippen LogP contribution in [-0.4, -0.2) is 37.7 Å². The van der Waals surface area contributed by atoms with E-state index in [2.05, 4.69) is 29.2 Å². The molecule has 2 aromatic heterocycles. The van der Waals surface area contributed by atoms with E-state index < -0.39 is 0 Å². The molecule has 1 saturated carbocycles. The smallest absolute Gasteiger partial charge is 0.194 e. The number of thiophene rings is 1. The highest BCUT2D eigenvalue weighted by molar-refractivity contribution is 7.21. The van der Waals surface area contributed by atoms with Crippen LogP contribution in [-0.2, 0) is 0 Å². The molecule has 0 N–H and O–H groups in total. The van der Waals surface area contributed by atoms with Crippen LogP contribution in [0.25, 0.3) is 10.2 Å². The van der Waals surface area contributed by atoms with Gasteiger partial charge in [0.15, 0.2) is 5.78 Å². The van der Waals surface area contributed by atoms with Gasteiger partial charge in [-0.15, -0.1) is 11.3 Å². The van der Waals surface area contributed by atoms with Gasteiger partial charge < -0.3 is 9.80 Å². The van der Waals surface area contributed by atoms with Gasteiger partial charge in [-0.25, -0.2) is 9.98 Å². The van der Waals surface area contributed by atoms with E-state index in [4.69, 9.17) is 4.99 Å². The van der Waals surface area contributed by atoms with Crippen LogP contribution in [0.2, 0.25) is 0 Å². The topological polar surface area (TPSA) is 48.8 Å². The fourth-order valence-electron chi connectivity index (χ4n) is 3.58. The average molecular weight is 376 g/mol. The first-order valence-electron chi connectivity index (χ1n) is 9.14. The van der Waals surface area contributed by atoms with Crippen LogP contribution < -0.4 is 9.80 Å². The highest BCUT2D eigenvalue weighted by Gasteiger charge is 2.26. The summed E-state index contributed by atoms with van der Waals surface area (Å²) in [5.41, 5.74) is 4.17. The normalized spacial score (nSPS) is 16.5. The van der Waals surface area contributed by atoms with Crippen molar-refractivity contribution in [1.82, 2.24) is 4.98 Å². The van der Waals surface area contributed by atoms with Crippen molar-refractivity contribution in [2.24, 2.45) is 4.99 Å². The van der Waals surface area contributed by atoms with Crippen LogP contribution in [0.3, 0.4) is 0 Å². The summed E-state index contributed by atoms with van der Waals surface area (Å²) in [5, 5.41) is 0.957. The highest BCUT2D eigenvalue weighted by Crippen LogP contribution is 2.43. The predicted octanol–water partition coefficient (Wildman–Crippen LogP) is 4.60. The Labute approximate surface area is 162 Å². The highest BCUT2D eigenvalue weighted by atomic mass is 32.1. The zero-order valence-electron chi connectivity index (χ0n) is 15.3. The minimum Gasteiger partial charge on any atom is -0.377 e. The molecule has 3 aromatic rings. The molecule has 0 atom stereocenters. The molecule has 0 saturated heterocycles. The Morgan fingerprint density at radius 3 is 2.63 bits per heavy atom. The maximum Gasteiger partial charge on any atom is 0.194 e. The van der Waals surface area contributed by atoms with Crippen molar-refractivity contribution in [2.75, 3.05) is 30.4 Å². The molecule has 5 rings (SSSR count). The summed E-state index contributed by atoms with van der Waals surface area (Å²) in [4.78, 5) is 27.7. The number of pyridine rings is 1. The van der Waals surface area contributed by atoms with Gasteiger partial charge in [0.05, 0.1) is 29.6 Å². The molecule has 1 aromatic carbocycles. The second-order valence-corrected chi connectivity index (χ2v) is 8.34. The summed E-state index contributed by atoms with van der Waals surface area (Å²) < 4.78 is 0. The summed E-state index contributed by atoms with van der Waals surface area (Å²) in [6, 6.07) is 10.5. The van der Waals surface area contributed by atoms with E-state index in [1.165, 1.54) is 29.7 Å². The lowest BCUT2D eigenvalue weighted by Gasteiger charge is -2.17. The zero-order valence-corrected chi connectivity index (χ0v) is 16.2. The quantitative estimate of drug-likeness (QED) is 0.670. The van der Waals surface area contributed by atoms with Gasteiger partial charge in [0.1, 0.15) is 9.71 Å². The molecule has 1 aliphatic carbocycles. The van der Waals surface area contributed by atoms with Gasteiger partial charge in [-0.05, 0) is 42.5 Å². The molecule has 0 spiro atoms. The average Bonchev–Trinajstić information content (AvgIpc) is 3.47. The maximum atomic E-state index is 13.0. The van der Waals surface area contributed by atoms with Crippen molar-refractivity contribution in [3.63, 3.8) is 0 Å². The molecule has 0 bridgehead atoms. The molecule has 2 aliphatic rings. The standard InChI is InChI=1S/C21H20N4OS/c1-24(2)16-9-10-22-21-18(16)19-20(27-21)17(26)11-25(12-23-19)15-7-5-14(6-8-15)13-3-4-13/h5-10,12-13H,3-4,11H2,1-2H3. The van der Waals surface area contributed by atoms with Crippen molar-refractivity contribution in [3.05, 3.63) is 47.0 Å².